The third-order valence-electron chi connectivity index (χ3n) is 7.02. The molecule has 38 heavy (non-hydrogen) atoms. The van der Waals surface area contributed by atoms with E-state index in [1.807, 2.05) is 60.7 Å². The Morgan fingerprint density at radius 1 is 1.03 bits per heavy atom. The number of nitrogens with one attached hydrogen (secondary N) is 1. The lowest BCUT2D eigenvalue weighted by Gasteiger charge is -2.45. The van der Waals surface area contributed by atoms with E-state index >= 15 is 0 Å². The smallest absolute Gasteiger partial charge is 0.327 e. The molecule has 0 aromatic heterocycles. The quantitative estimate of drug-likeness (QED) is 0.477. The van der Waals surface area contributed by atoms with Crippen molar-refractivity contribution < 1.29 is 23.9 Å². The molecule has 3 N–H and O–H groups in total. The van der Waals surface area contributed by atoms with Crippen LogP contribution < -0.4 is 11.1 Å². The lowest BCUT2D eigenvalue weighted by Crippen LogP contribution is -2.67. The van der Waals surface area contributed by atoms with Gasteiger partial charge in [0.05, 0.1) is 25.3 Å². The number of benzene rings is 2. The number of piperazine rings is 1. The fourth-order valence-corrected chi connectivity index (χ4v) is 4.91. The Morgan fingerprint density at radius 3 is 2.24 bits per heavy atom. The first-order valence-corrected chi connectivity index (χ1v) is 12.7. The fraction of sp³-hybridized carbons (Fsp3) is 0.429. The molecule has 2 aromatic rings. The topological polar surface area (TPSA) is 125 Å². The van der Waals surface area contributed by atoms with Crippen LogP contribution in [-0.2, 0) is 32.1 Å². The van der Waals surface area contributed by atoms with E-state index in [4.69, 9.17) is 10.5 Å². The number of hydrogen-bond acceptors (Lipinski definition) is 6. The maximum absolute atomic E-state index is 13.8. The standard InChI is InChI=1S/C28H35N5O5/c1-27(2,29)24(35)30-22(18-38-17-21-12-8-5-9-13-21)23(34)32-14-15-33-26(37)31(3)25(36)28(33,19-32)16-20-10-6-4-7-11-20/h4-13,22H,14-19,29H2,1-3H3,(H,30,35)/t22-,28?/m1/s1. The van der Waals surface area contributed by atoms with Crippen LogP contribution in [0.5, 0.6) is 0 Å². The van der Waals surface area contributed by atoms with Crippen LogP contribution in [0.2, 0.25) is 0 Å². The summed E-state index contributed by atoms with van der Waals surface area (Å²) >= 11 is 0. The number of fused-ring (bicyclic) bond motifs is 1. The van der Waals surface area contributed by atoms with Crippen molar-refractivity contribution in [2.24, 2.45) is 5.73 Å². The van der Waals surface area contributed by atoms with Crippen molar-refractivity contribution in [3.8, 4) is 0 Å². The molecular weight excluding hydrogens is 486 g/mol. The van der Waals surface area contributed by atoms with Gasteiger partial charge in [-0.05, 0) is 25.0 Å². The third-order valence-corrected chi connectivity index (χ3v) is 7.02. The van der Waals surface area contributed by atoms with E-state index in [1.54, 1.807) is 23.6 Å². The highest BCUT2D eigenvalue weighted by atomic mass is 16.5. The molecule has 2 aliphatic rings. The molecule has 4 rings (SSSR count). The summed E-state index contributed by atoms with van der Waals surface area (Å²) in [5.74, 6) is -1.24. The minimum Gasteiger partial charge on any atom is -0.374 e. The number of urea groups is 1. The van der Waals surface area contributed by atoms with E-state index in [0.29, 0.717) is 0 Å². The Balaban J connectivity index is 1.57. The minimum absolute atomic E-state index is 0.00666. The summed E-state index contributed by atoms with van der Waals surface area (Å²) in [7, 11) is 1.46. The third kappa shape index (κ3) is 5.56. The molecule has 2 fully saturated rings. The lowest BCUT2D eigenvalue weighted by atomic mass is 9.86. The van der Waals surface area contributed by atoms with Crippen LogP contribution in [0.15, 0.2) is 60.7 Å². The van der Waals surface area contributed by atoms with E-state index in [9.17, 15) is 19.2 Å². The van der Waals surface area contributed by atoms with Crippen molar-refractivity contribution in [3.63, 3.8) is 0 Å². The largest absolute Gasteiger partial charge is 0.374 e. The van der Waals surface area contributed by atoms with Gasteiger partial charge in [0.2, 0.25) is 11.8 Å². The maximum atomic E-state index is 13.8. The molecule has 0 saturated carbocycles. The molecule has 2 atom stereocenters. The Morgan fingerprint density at radius 2 is 1.63 bits per heavy atom. The fourth-order valence-electron chi connectivity index (χ4n) is 4.91. The number of carbonyl (C=O) groups is 4. The molecule has 2 saturated heterocycles. The molecule has 0 spiro atoms. The van der Waals surface area contributed by atoms with Gasteiger partial charge in [0, 0.05) is 26.6 Å². The second-order valence-corrected chi connectivity index (χ2v) is 10.5. The van der Waals surface area contributed by atoms with Crippen LogP contribution in [0.4, 0.5) is 4.79 Å². The zero-order valence-electron chi connectivity index (χ0n) is 22.1. The van der Waals surface area contributed by atoms with Gasteiger partial charge in [0.1, 0.15) is 11.6 Å². The van der Waals surface area contributed by atoms with Crippen molar-refractivity contribution in [2.75, 3.05) is 33.3 Å². The highest BCUT2D eigenvalue weighted by Crippen LogP contribution is 2.34. The summed E-state index contributed by atoms with van der Waals surface area (Å²) in [5.41, 5.74) is 5.35. The summed E-state index contributed by atoms with van der Waals surface area (Å²) in [5, 5.41) is 2.73. The maximum Gasteiger partial charge on any atom is 0.327 e. The number of likely N-dealkylation sites (N-methyl/N-ethyl adjacent to an activating group) is 1. The number of ether oxygens (including phenoxy) is 1. The SMILES string of the molecule is CN1C(=O)N2CCN(C(=O)[C@@H](COCc3ccccc3)NC(=O)C(C)(C)N)CC2(Cc2ccccc2)C1=O. The van der Waals surface area contributed by atoms with Crippen molar-refractivity contribution in [3.05, 3.63) is 71.8 Å². The number of amides is 5. The number of hydrogen-bond donors (Lipinski definition) is 2. The van der Waals surface area contributed by atoms with Gasteiger partial charge in [-0.15, -0.1) is 0 Å². The average molecular weight is 522 g/mol. The Bertz CT molecular complexity index is 1180. The van der Waals surface area contributed by atoms with E-state index in [1.165, 1.54) is 7.05 Å². The second-order valence-electron chi connectivity index (χ2n) is 10.5. The molecule has 0 bridgehead atoms. The zero-order valence-corrected chi connectivity index (χ0v) is 22.1. The molecule has 5 amide bonds. The number of nitrogens with two attached hydrogens (primary N) is 1. The summed E-state index contributed by atoms with van der Waals surface area (Å²) < 4.78 is 5.83. The average Bonchev–Trinajstić information content (AvgIpc) is 3.08. The molecule has 0 aliphatic carbocycles. The van der Waals surface area contributed by atoms with Gasteiger partial charge in [0.15, 0.2) is 0 Å². The van der Waals surface area contributed by atoms with Gasteiger partial charge >= 0.3 is 6.03 Å². The summed E-state index contributed by atoms with van der Waals surface area (Å²) in [6.07, 6.45) is 0.268. The van der Waals surface area contributed by atoms with Gasteiger partial charge in [0.25, 0.3) is 5.91 Å². The van der Waals surface area contributed by atoms with E-state index in [-0.39, 0.29) is 51.2 Å². The highest BCUT2D eigenvalue weighted by molar-refractivity contribution is 6.07. The molecule has 0 radical (unpaired) electrons. The van der Waals surface area contributed by atoms with Crippen LogP contribution >= 0.6 is 0 Å². The van der Waals surface area contributed by atoms with Crippen molar-refractivity contribution in [1.82, 2.24) is 20.0 Å². The van der Waals surface area contributed by atoms with Crippen molar-refractivity contribution in [1.29, 1.82) is 0 Å². The van der Waals surface area contributed by atoms with Gasteiger partial charge in [-0.1, -0.05) is 60.7 Å². The Labute approximate surface area is 222 Å². The lowest BCUT2D eigenvalue weighted by molar-refractivity contribution is -0.146. The Kier molecular flexibility index (Phi) is 7.84. The second kappa shape index (κ2) is 10.9. The molecule has 202 valence electrons. The Hall–Kier alpha value is -3.76. The molecule has 2 aromatic carbocycles. The summed E-state index contributed by atoms with van der Waals surface area (Å²) in [4.78, 5) is 57.2. The van der Waals surface area contributed by atoms with Crippen LogP contribution in [0, 0.1) is 0 Å². The number of imide groups is 1. The summed E-state index contributed by atoms with van der Waals surface area (Å²) in [6, 6.07) is 17.5. The highest BCUT2D eigenvalue weighted by Gasteiger charge is 2.59. The molecule has 2 heterocycles. The first kappa shape index (κ1) is 27.3. The van der Waals surface area contributed by atoms with Crippen molar-refractivity contribution >= 4 is 23.8 Å². The van der Waals surface area contributed by atoms with E-state index in [2.05, 4.69) is 5.32 Å². The normalized spacial score (nSPS) is 20.4. The predicted molar refractivity (Wildman–Crippen MR) is 141 cm³/mol. The van der Waals surface area contributed by atoms with Crippen LogP contribution in [0.25, 0.3) is 0 Å². The molecular formula is C28H35N5O5. The van der Waals surface area contributed by atoms with E-state index < -0.39 is 28.9 Å². The van der Waals surface area contributed by atoms with Gasteiger partial charge in [-0.2, -0.15) is 0 Å². The minimum atomic E-state index is -1.23. The monoisotopic (exact) mass is 521 g/mol. The van der Waals surface area contributed by atoms with E-state index in [0.717, 1.165) is 16.0 Å². The number of nitrogens with zero attached hydrogens (tertiary/aromatic N) is 3. The van der Waals surface area contributed by atoms with Crippen LogP contribution in [0.3, 0.4) is 0 Å². The van der Waals surface area contributed by atoms with Crippen LogP contribution in [0.1, 0.15) is 25.0 Å². The number of carbonyl (C=O) groups excluding carboxylic acids is 4. The molecule has 10 heteroatoms. The van der Waals surface area contributed by atoms with Crippen LogP contribution in [-0.4, -0.2) is 88.9 Å². The number of rotatable bonds is 9. The van der Waals surface area contributed by atoms with Gasteiger partial charge in [-0.3, -0.25) is 19.3 Å². The first-order chi connectivity index (χ1) is 18.0. The van der Waals surface area contributed by atoms with Gasteiger partial charge < -0.3 is 25.6 Å². The molecule has 1 unspecified atom stereocenters. The zero-order chi connectivity index (χ0) is 27.5. The molecule has 10 nitrogen and oxygen atoms in total. The van der Waals surface area contributed by atoms with Gasteiger partial charge in [-0.25, -0.2) is 4.79 Å². The molecule has 2 aliphatic heterocycles. The van der Waals surface area contributed by atoms with Crippen molar-refractivity contribution in [2.45, 2.75) is 44.0 Å². The predicted octanol–water partition coefficient (Wildman–Crippen LogP) is 1.14. The summed E-state index contributed by atoms with van der Waals surface area (Å²) in [6.45, 7) is 3.72. The first-order valence-electron chi connectivity index (χ1n) is 12.7.